The number of carboxylic acid groups (broad SMARTS) is 1. The van der Waals surface area contributed by atoms with E-state index >= 15 is 0 Å². The van der Waals surface area contributed by atoms with Gasteiger partial charge in [-0.3, -0.25) is 9.59 Å². The molecule has 0 fully saturated rings. The number of rotatable bonds is 7. The molecule has 0 aromatic carbocycles. The molecule has 0 bridgehead atoms. The van der Waals surface area contributed by atoms with Crippen molar-refractivity contribution in [1.82, 2.24) is 10.2 Å². The molecule has 8 heteroatoms. The topological polar surface area (TPSA) is 109 Å². The molecule has 0 saturated heterocycles. The SMILES string of the molecule is COCCNC(=O)CN(C)C(=O)c1ccc(C(=O)O)o1. The fourth-order valence-electron chi connectivity index (χ4n) is 1.39. The third-order valence-electron chi connectivity index (χ3n) is 2.38. The number of aromatic carboxylic acids is 1. The van der Waals surface area contributed by atoms with Crippen LogP contribution >= 0.6 is 0 Å². The maximum Gasteiger partial charge on any atom is 0.371 e. The van der Waals surface area contributed by atoms with Gasteiger partial charge in [0.05, 0.1) is 13.2 Å². The molecular formula is C12H16N2O6. The number of ether oxygens (including phenoxy) is 1. The van der Waals surface area contributed by atoms with Crippen LogP contribution in [0.2, 0.25) is 0 Å². The van der Waals surface area contributed by atoms with E-state index in [4.69, 9.17) is 14.3 Å². The van der Waals surface area contributed by atoms with Crippen molar-refractivity contribution < 1.29 is 28.6 Å². The molecule has 0 aliphatic rings. The van der Waals surface area contributed by atoms with Gasteiger partial charge >= 0.3 is 5.97 Å². The number of methoxy groups -OCH3 is 1. The van der Waals surface area contributed by atoms with Gasteiger partial charge in [0.15, 0.2) is 5.76 Å². The molecule has 0 radical (unpaired) electrons. The molecule has 0 unspecified atom stereocenters. The molecule has 1 aromatic rings. The number of carbonyl (C=O) groups excluding carboxylic acids is 2. The van der Waals surface area contributed by atoms with Crippen molar-refractivity contribution in [1.29, 1.82) is 0 Å². The minimum atomic E-state index is -1.26. The highest BCUT2D eigenvalue weighted by molar-refractivity contribution is 5.95. The van der Waals surface area contributed by atoms with Gasteiger partial charge in [0, 0.05) is 20.7 Å². The maximum atomic E-state index is 11.9. The Morgan fingerprint density at radius 1 is 1.35 bits per heavy atom. The van der Waals surface area contributed by atoms with Crippen molar-refractivity contribution >= 4 is 17.8 Å². The first-order chi connectivity index (χ1) is 9.45. The first-order valence-electron chi connectivity index (χ1n) is 5.80. The molecule has 2 amide bonds. The third-order valence-corrected chi connectivity index (χ3v) is 2.38. The van der Waals surface area contributed by atoms with Crippen LogP contribution in [0.5, 0.6) is 0 Å². The monoisotopic (exact) mass is 284 g/mol. The Hall–Kier alpha value is -2.35. The lowest BCUT2D eigenvalue weighted by Crippen LogP contribution is -2.39. The lowest BCUT2D eigenvalue weighted by atomic mass is 10.3. The second-order valence-corrected chi connectivity index (χ2v) is 3.97. The molecule has 2 N–H and O–H groups in total. The van der Waals surface area contributed by atoms with Gasteiger partial charge in [0.2, 0.25) is 11.7 Å². The number of amides is 2. The molecule has 0 aliphatic carbocycles. The zero-order chi connectivity index (χ0) is 15.1. The minimum absolute atomic E-state index is 0.130. The predicted molar refractivity (Wildman–Crippen MR) is 67.5 cm³/mol. The molecular weight excluding hydrogens is 268 g/mol. The number of hydrogen-bond donors (Lipinski definition) is 2. The van der Waals surface area contributed by atoms with Crippen LogP contribution in [0.4, 0.5) is 0 Å². The van der Waals surface area contributed by atoms with Crippen LogP contribution in [0, 0.1) is 0 Å². The molecule has 0 aliphatic heterocycles. The van der Waals surface area contributed by atoms with Gasteiger partial charge in [-0.25, -0.2) is 4.79 Å². The number of carbonyl (C=O) groups is 3. The second kappa shape index (κ2) is 7.29. The number of nitrogens with zero attached hydrogens (tertiary/aromatic N) is 1. The number of hydrogen-bond acceptors (Lipinski definition) is 5. The van der Waals surface area contributed by atoms with E-state index in [0.717, 1.165) is 4.90 Å². The average Bonchev–Trinajstić information content (AvgIpc) is 2.87. The number of nitrogens with one attached hydrogen (secondary N) is 1. The van der Waals surface area contributed by atoms with E-state index < -0.39 is 11.9 Å². The Kier molecular flexibility index (Phi) is 5.73. The van der Waals surface area contributed by atoms with Gasteiger partial charge in [-0.05, 0) is 12.1 Å². The average molecular weight is 284 g/mol. The molecule has 20 heavy (non-hydrogen) atoms. The van der Waals surface area contributed by atoms with Crippen molar-refractivity contribution in [3.63, 3.8) is 0 Å². The van der Waals surface area contributed by atoms with Crippen LogP contribution in [0.1, 0.15) is 21.1 Å². The number of carboxylic acids is 1. The van der Waals surface area contributed by atoms with E-state index in [2.05, 4.69) is 5.32 Å². The smallest absolute Gasteiger partial charge is 0.371 e. The number of likely N-dealkylation sites (N-methyl/N-ethyl adjacent to an activating group) is 1. The zero-order valence-corrected chi connectivity index (χ0v) is 11.2. The standard InChI is InChI=1S/C12H16N2O6/c1-14(7-10(15)13-5-6-19-2)11(16)8-3-4-9(20-8)12(17)18/h3-4H,5-7H2,1-2H3,(H,13,15)(H,17,18). The van der Waals surface area contributed by atoms with E-state index in [1.165, 1.54) is 26.3 Å². The fourth-order valence-corrected chi connectivity index (χ4v) is 1.39. The van der Waals surface area contributed by atoms with Crippen LogP contribution in [-0.4, -0.2) is 61.6 Å². The van der Waals surface area contributed by atoms with E-state index in [0.29, 0.717) is 13.2 Å². The quantitative estimate of drug-likeness (QED) is 0.672. The van der Waals surface area contributed by atoms with Crippen LogP contribution < -0.4 is 5.32 Å². The fraction of sp³-hybridized carbons (Fsp3) is 0.417. The van der Waals surface area contributed by atoms with E-state index in [9.17, 15) is 14.4 Å². The van der Waals surface area contributed by atoms with Gasteiger partial charge in [0.1, 0.15) is 0 Å². The summed E-state index contributed by atoms with van der Waals surface area (Å²) in [5, 5.41) is 11.3. The van der Waals surface area contributed by atoms with E-state index in [1.807, 2.05) is 0 Å². The van der Waals surface area contributed by atoms with Crippen LogP contribution in [0.15, 0.2) is 16.5 Å². The predicted octanol–water partition coefficient (Wildman–Crippen LogP) is -0.188. The Balaban J connectivity index is 2.53. The van der Waals surface area contributed by atoms with Crippen molar-refractivity contribution in [3.05, 3.63) is 23.7 Å². The van der Waals surface area contributed by atoms with Crippen molar-refractivity contribution in [2.45, 2.75) is 0 Å². The van der Waals surface area contributed by atoms with E-state index in [-0.39, 0.29) is 24.0 Å². The maximum absolute atomic E-state index is 11.9. The molecule has 1 aromatic heterocycles. The van der Waals surface area contributed by atoms with E-state index in [1.54, 1.807) is 0 Å². The molecule has 0 saturated carbocycles. The van der Waals surface area contributed by atoms with Crippen LogP contribution in [-0.2, 0) is 9.53 Å². The van der Waals surface area contributed by atoms with Gasteiger partial charge in [-0.2, -0.15) is 0 Å². The van der Waals surface area contributed by atoms with Crippen LogP contribution in [0.25, 0.3) is 0 Å². The summed E-state index contributed by atoms with van der Waals surface area (Å²) >= 11 is 0. The summed E-state index contributed by atoms with van der Waals surface area (Å²) in [6.45, 7) is 0.566. The molecule has 8 nitrogen and oxygen atoms in total. The summed E-state index contributed by atoms with van der Waals surface area (Å²) in [5.74, 6) is -2.63. The summed E-state index contributed by atoms with van der Waals surface area (Å²) in [7, 11) is 2.93. The summed E-state index contributed by atoms with van der Waals surface area (Å²) in [6.07, 6.45) is 0. The summed E-state index contributed by atoms with van der Waals surface area (Å²) in [4.78, 5) is 35.1. The Labute approximate surface area is 115 Å². The first-order valence-corrected chi connectivity index (χ1v) is 5.80. The number of furan rings is 1. The Bertz CT molecular complexity index is 496. The van der Waals surface area contributed by atoms with Gasteiger partial charge in [-0.1, -0.05) is 0 Å². The summed E-state index contributed by atoms with van der Waals surface area (Å²) < 4.78 is 9.64. The zero-order valence-electron chi connectivity index (χ0n) is 11.2. The van der Waals surface area contributed by atoms with Crippen molar-refractivity contribution in [2.75, 3.05) is 33.9 Å². The Morgan fingerprint density at radius 3 is 2.55 bits per heavy atom. The third kappa shape index (κ3) is 4.39. The van der Waals surface area contributed by atoms with Gasteiger partial charge in [-0.15, -0.1) is 0 Å². The molecule has 110 valence electrons. The van der Waals surface area contributed by atoms with Crippen molar-refractivity contribution in [3.8, 4) is 0 Å². The van der Waals surface area contributed by atoms with Gasteiger partial charge in [0.25, 0.3) is 5.91 Å². The van der Waals surface area contributed by atoms with Crippen LogP contribution in [0.3, 0.4) is 0 Å². The lowest BCUT2D eigenvalue weighted by Gasteiger charge is -2.15. The highest BCUT2D eigenvalue weighted by Gasteiger charge is 2.19. The highest BCUT2D eigenvalue weighted by atomic mass is 16.5. The molecule has 1 heterocycles. The Morgan fingerprint density at radius 2 is 2.00 bits per heavy atom. The summed E-state index contributed by atoms with van der Waals surface area (Å²) in [5.41, 5.74) is 0. The normalized spacial score (nSPS) is 10.1. The van der Waals surface area contributed by atoms with Gasteiger partial charge < -0.3 is 24.5 Å². The molecule has 0 atom stereocenters. The molecule has 0 spiro atoms. The summed E-state index contributed by atoms with van der Waals surface area (Å²) in [6, 6.07) is 2.44. The highest BCUT2D eigenvalue weighted by Crippen LogP contribution is 2.09. The minimum Gasteiger partial charge on any atom is -0.475 e. The molecule has 1 rings (SSSR count). The second-order valence-electron chi connectivity index (χ2n) is 3.97. The first kappa shape index (κ1) is 15.7. The van der Waals surface area contributed by atoms with Crippen molar-refractivity contribution in [2.24, 2.45) is 0 Å². The largest absolute Gasteiger partial charge is 0.475 e. The lowest BCUT2D eigenvalue weighted by molar-refractivity contribution is -0.121.